The molecule has 1 fully saturated rings. The van der Waals surface area contributed by atoms with E-state index in [0.717, 1.165) is 19.1 Å². The Morgan fingerprint density at radius 2 is 2.18 bits per heavy atom. The Bertz CT molecular complexity index is 102. The van der Waals surface area contributed by atoms with E-state index >= 15 is 0 Å². The summed E-state index contributed by atoms with van der Waals surface area (Å²) in [6, 6.07) is 0. The Morgan fingerprint density at radius 1 is 1.45 bits per heavy atom. The number of ether oxygens (including phenoxy) is 1. The molecule has 1 rings (SSSR count). The van der Waals surface area contributed by atoms with Crippen molar-refractivity contribution >= 4 is 0 Å². The van der Waals surface area contributed by atoms with Crippen molar-refractivity contribution < 1.29 is 4.74 Å². The summed E-state index contributed by atoms with van der Waals surface area (Å²) < 4.78 is 5.26. The van der Waals surface area contributed by atoms with Crippen LogP contribution in [-0.4, -0.2) is 44.3 Å². The summed E-state index contributed by atoms with van der Waals surface area (Å²) in [6.45, 7) is 8.00. The SMILES string of the molecule is CC1CN(CCOCCN)C1. The van der Waals surface area contributed by atoms with Gasteiger partial charge in [0.2, 0.25) is 0 Å². The Hall–Kier alpha value is -0.120. The van der Waals surface area contributed by atoms with Crippen LogP contribution in [0.3, 0.4) is 0 Å². The van der Waals surface area contributed by atoms with Crippen LogP contribution >= 0.6 is 0 Å². The van der Waals surface area contributed by atoms with Gasteiger partial charge < -0.3 is 15.4 Å². The zero-order chi connectivity index (χ0) is 8.10. The zero-order valence-electron chi connectivity index (χ0n) is 7.25. The molecule has 0 amide bonds. The summed E-state index contributed by atoms with van der Waals surface area (Å²) in [4.78, 5) is 2.40. The molecule has 66 valence electrons. The summed E-state index contributed by atoms with van der Waals surface area (Å²) in [7, 11) is 0. The van der Waals surface area contributed by atoms with Crippen LogP contribution in [0.5, 0.6) is 0 Å². The van der Waals surface area contributed by atoms with Crippen LogP contribution < -0.4 is 5.73 Å². The predicted molar refractivity (Wildman–Crippen MR) is 45.5 cm³/mol. The van der Waals surface area contributed by atoms with E-state index in [0.29, 0.717) is 13.2 Å². The fraction of sp³-hybridized carbons (Fsp3) is 1.00. The molecular formula is C8H18N2O. The molecule has 0 aliphatic carbocycles. The molecule has 0 saturated carbocycles. The average molecular weight is 158 g/mol. The topological polar surface area (TPSA) is 38.5 Å². The van der Waals surface area contributed by atoms with Crippen LogP contribution in [0.15, 0.2) is 0 Å². The van der Waals surface area contributed by atoms with Gasteiger partial charge in [-0.15, -0.1) is 0 Å². The van der Waals surface area contributed by atoms with E-state index in [2.05, 4.69) is 11.8 Å². The van der Waals surface area contributed by atoms with Gasteiger partial charge in [-0.05, 0) is 5.92 Å². The van der Waals surface area contributed by atoms with Crippen molar-refractivity contribution in [3.05, 3.63) is 0 Å². The Morgan fingerprint density at radius 3 is 2.73 bits per heavy atom. The van der Waals surface area contributed by atoms with Crippen LogP contribution in [0.4, 0.5) is 0 Å². The molecule has 3 nitrogen and oxygen atoms in total. The van der Waals surface area contributed by atoms with E-state index in [4.69, 9.17) is 10.5 Å². The first-order chi connectivity index (χ1) is 5.33. The van der Waals surface area contributed by atoms with Crippen molar-refractivity contribution in [3.63, 3.8) is 0 Å². The number of likely N-dealkylation sites (tertiary alicyclic amines) is 1. The second-order valence-corrected chi connectivity index (χ2v) is 3.27. The molecule has 0 aromatic carbocycles. The van der Waals surface area contributed by atoms with Gasteiger partial charge in [0.25, 0.3) is 0 Å². The molecule has 0 aromatic heterocycles. The summed E-state index contributed by atoms with van der Waals surface area (Å²) in [5.74, 6) is 0.893. The lowest BCUT2D eigenvalue weighted by atomic mass is 10.0. The second-order valence-electron chi connectivity index (χ2n) is 3.27. The third-order valence-electron chi connectivity index (χ3n) is 1.95. The minimum Gasteiger partial charge on any atom is -0.379 e. The van der Waals surface area contributed by atoms with E-state index < -0.39 is 0 Å². The molecule has 0 bridgehead atoms. The molecule has 0 aromatic rings. The third-order valence-corrected chi connectivity index (χ3v) is 1.95. The maximum absolute atomic E-state index is 5.28. The van der Waals surface area contributed by atoms with E-state index in [1.807, 2.05) is 0 Å². The van der Waals surface area contributed by atoms with Crippen molar-refractivity contribution in [1.82, 2.24) is 4.90 Å². The van der Waals surface area contributed by atoms with Crippen LogP contribution in [0.1, 0.15) is 6.92 Å². The van der Waals surface area contributed by atoms with Crippen molar-refractivity contribution in [2.75, 3.05) is 39.4 Å². The highest BCUT2D eigenvalue weighted by atomic mass is 16.5. The van der Waals surface area contributed by atoms with Crippen LogP contribution in [0.25, 0.3) is 0 Å². The predicted octanol–water partition coefficient (Wildman–Crippen LogP) is -0.0866. The highest BCUT2D eigenvalue weighted by Crippen LogP contribution is 2.12. The number of hydrogen-bond acceptors (Lipinski definition) is 3. The lowest BCUT2D eigenvalue weighted by Gasteiger charge is -2.36. The van der Waals surface area contributed by atoms with Crippen molar-refractivity contribution in [1.29, 1.82) is 0 Å². The summed E-state index contributed by atoms with van der Waals surface area (Å²) in [6.07, 6.45) is 0. The molecule has 1 heterocycles. The minimum absolute atomic E-state index is 0.635. The van der Waals surface area contributed by atoms with Gasteiger partial charge in [-0.1, -0.05) is 6.92 Å². The van der Waals surface area contributed by atoms with Crippen LogP contribution in [0, 0.1) is 5.92 Å². The molecule has 1 aliphatic rings. The smallest absolute Gasteiger partial charge is 0.0594 e. The largest absolute Gasteiger partial charge is 0.379 e. The van der Waals surface area contributed by atoms with E-state index in [9.17, 15) is 0 Å². The standard InChI is InChI=1S/C8H18N2O/c1-8-6-10(7-8)3-5-11-4-2-9/h8H,2-7,9H2,1H3. The highest BCUT2D eigenvalue weighted by Gasteiger charge is 2.21. The molecule has 0 spiro atoms. The number of nitrogens with two attached hydrogens (primary N) is 1. The first-order valence-electron chi connectivity index (χ1n) is 4.33. The van der Waals surface area contributed by atoms with E-state index in [1.54, 1.807) is 0 Å². The second kappa shape index (κ2) is 4.70. The van der Waals surface area contributed by atoms with Gasteiger partial charge in [0.15, 0.2) is 0 Å². The Balaban J connectivity index is 1.81. The molecule has 0 unspecified atom stereocenters. The van der Waals surface area contributed by atoms with E-state index in [-0.39, 0.29) is 0 Å². The van der Waals surface area contributed by atoms with Gasteiger partial charge in [0.1, 0.15) is 0 Å². The lowest BCUT2D eigenvalue weighted by molar-refractivity contribution is 0.0569. The van der Waals surface area contributed by atoms with Crippen molar-refractivity contribution in [3.8, 4) is 0 Å². The molecule has 11 heavy (non-hydrogen) atoms. The van der Waals surface area contributed by atoms with Crippen molar-refractivity contribution in [2.45, 2.75) is 6.92 Å². The highest BCUT2D eigenvalue weighted by molar-refractivity contribution is 4.75. The minimum atomic E-state index is 0.635. The molecule has 0 atom stereocenters. The Labute approximate surface area is 68.5 Å². The molecule has 2 N–H and O–H groups in total. The van der Waals surface area contributed by atoms with Crippen LogP contribution in [-0.2, 0) is 4.74 Å². The maximum Gasteiger partial charge on any atom is 0.0594 e. The first-order valence-corrected chi connectivity index (χ1v) is 4.33. The molecule has 1 saturated heterocycles. The van der Waals surface area contributed by atoms with Gasteiger partial charge in [-0.3, -0.25) is 0 Å². The monoisotopic (exact) mass is 158 g/mol. The quantitative estimate of drug-likeness (QED) is 0.568. The molecule has 1 aliphatic heterocycles. The fourth-order valence-corrected chi connectivity index (χ4v) is 1.39. The van der Waals surface area contributed by atoms with Gasteiger partial charge in [-0.25, -0.2) is 0 Å². The zero-order valence-corrected chi connectivity index (χ0v) is 7.25. The van der Waals surface area contributed by atoms with Gasteiger partial charge in [-0.2, -0.15) is 0 Å². The summed E-state index contributed by atoms with van der Waals surface area (Å²) in [5.41, 5.74) is 5.28. The van der Waals surface area contributed by atoms with Gasteiger partial charge in [0.05, 0.1) is 13.2 Å². The maximum atomic E-state index is 5.28. The first kappa shape index (κ1) is 8.97. The van der Waals surface area contributed by atoms with Crippen molar-refractivity contribution in [2.24, 2.45) is 11.7 Å². The van der Waals surface area contributed by atoms with Gasteiger partial charge >= 0.3 is 0 Å². The molecule has 0 radical (unpaired) electrons. The summed E-state index contributed by atoms with van der Waals surface area (Å²) >= 11 is 0. The molecular weight excluding hydrogens is 140 g/mol. The number of nitrogens with zero attached hydrogens (tertiary/aromatic N) is 1. The average Bonchev–Trinajstić information content (AvgIpc) is 1.94. The third kappa shape index (κ3) is 3.18. The van der Waals surface area contributed by atoms with E-state index in [1.165, 1.54) is 13.1 Å². The fourth-order valence-electron chi connectivity index (χ4n) is 1.39. The number of rotatable bonds is 5. The number of hydrogen-bond donors (Lipinski definition) is 1. The Kier molecular flexibility index (Phi) is 3.83. The van der Waals surface area contributed by atoms with Crippen LogP contribution in [0.2, 0.25) is 0 Å². The summed E-state index contributed by atoms with van der Waals surface area (Å²) in [5, 5.41) is 0. The molecule has 3 heteroatoms. The van der Waals surface area contributed by atoms with Gasteiger partial charge in [0, 0.05) is 26.2 Å². The normalized spacial score (nSPS) is 20.2. The lowest BCUT2D eigenvalue weighted by Crippen LogP contribution is -2.46.